The molecule has 0 radical (unpaired) electrons. The van der Waals surface area contributed by atoms with Crippen LogP contribution in [0.25, 0.3) is 0 Å². The summed E-state index contributed by atoms with van der Waals surface area (Å²) < 4.78 is 0. The van der Waals surface area contributed by atoms with Gasteiger partial charge in [0.2, 0.25) is 11.8 Å². The molecule has 1 aliphatic heterocycles. The highest BCUT2D eigenvalue weighted by atomic mass is 16.2. The van der Waals surface area contributed by atoms with E-state index in [1.807, 2.05) is 60.7 Å². The summed E-state index contributed by atoms with van der Waals surface area (Å²) in [5, 5.41) is 5.69. The first-order valence-corrected chi connectivity index (χ1v) is 7.88. The zero-order valence-electron chi connectivity index (χ0n) is 12.9. The summed E-state index contributed by atoms with van der Waals surface area (Å²) in [6.45, 7) is 0.520. The van der Waals surface area contributed by atoms with Gasteiger partial charge in [-0.3, -0.25) is 9.59 Å². The van der Waals surface area contributed by atoms with Crippen LogP contribution in [0.2, 0.25) is 0 Å². The van der Waals surface area contributed by atoms with Gasteiger partial charge in [-0.2, -0.15) is 0 Å². The number of amides is 2. The fourth-order valence-corrected chi connectivity index (χ4v) is 2.98. The Morgan fingerprint density at radius 1 is 1.04 bits per heavy atom. The molecular weight excluding hydrogens is 288 g/mol. The van der Waals surface area contributed by atoms with Crippen molar-refractivity contribution in [3.05, 3.63) is 71.8 Å². The van der Waals surface area contributed by atoms with Gasteiger partial charge in [0, 0.05) is 25.3 Å². The number of carbonyl (C=O) groups excluding carboxylic acids is 2. The Labute approximate surface area is 135 Å². The third-order valence-corrected chi connectivity index (χ3v) is 4.14. The first-order valence-electron chi connectivity index (χ1n) is 7.88. The van der Waals surface area contributed by atoms with Gasteiger partial charge in [-0.25, -0.2) is 0 Å². The van der Waals surface area contributed by atoms with Crippen molar-refractivity contribution in [1.29, 1.82) is 0 Å². The molecule has 118 valence electrons. The minimum absolute atomic E-state index is 0.00188. The number of hydrogen-bond acceptors (Lipinski definition) is 2. The molecule has 2 N–H and O–H groups in total. The lowest BCUT2D eigenvalue weighted by molar-refractivity contribution is -0.122. The Balaban J connectivity index is 1.74. The van der Waals surface area contributed by atoms with Gasteiger partial charge in [0.15, 0.2) is 0 Å². The molecule has 1 aliphatic rings. The van der Waals surface area contributed by atoms with Gasteiger partial charge in [-0.1, -0.05) is 60.7 Å². The average Bonchev–Trinajstić information content (AvgIpc) is 2.99. The van der Waals surface area contributed by atoms with Crippen LogP contribution in [0.5, 0.6) is 0 Å². The minimum Gasteiger partial charge on any atom is -0.354 e. The molecule has 2 aromatic carbocycles. The molecule has 0 saturated carbocycles. The fourth-order valence-electron chi connectivity index (χ4n) is 2.98. The van der Waals surface area contributed by atoms with E-state index >= 15 is 0 Å². The van der Waals surface area contributed by atoms with Crippen molar-refractivity contribution in [2.75, 3.05) is 6.54 Å². The molecule has 0 aliphatic carbocycles. The summed E-state index contributed by atoms with van der Waals surface area (Å²) in [5.41, 5.74) is 2.24. The Morgan fingerprint density at radius 3 is 2.09 bits per heavy atom. The lowest BCUT2D eigenvalue weighted by Crippen LogP contribution is -2.36. The number of hydrogen-bond donors (Lipinski definition) is 2. The zero-order chi connectivity index (χ0) is 16.1. The van der Waals surface area contributed by atoms with E-state index in [4.69, 9.17) is 0 Å². The molecule has 1 saturated heterocycles. The van der Waals surface area contributed by atoms with Crippen LogP contribution in [0.4, 0.5) is 0 Å². The first kappa shape index (κ1) is 15.3. The van der Waals surface area contributed by atoms with E-state index in [-0.39, 0.29) is 23.8 Å². The largest absolute Gasteiger partial charge is 0.354 e. The van der Waals surface area contributed by atoms with E-state index in [9.17, 15) is 9.59 Å². The van der Waals surface area contributed by atoms with Crippen molar-refractivity contribution in [3.8, 4) is 0 Å². The molecule has 3 rings (SSSR count). The zero-order valence-corrected chi connectivity index (χ0v) is 12.9. The van der Waals surface area contributed by atoms with Crippen molar-refractivity contribution in [3.63, 3.8) is 0 Å². The van der Waals surface area contributed by atoms with E-state index in [1.54, 1.807) is 0 Å². The maximum Gasteiger partial charge on any atom is 0.222 e. The van der Waals surface area contributed by atoms with E-state index in [1.165, 1.54) is 0 Å². The monoisotopic (exact) mass is 308 g/mol. The topological polar surface area (TPSA) is 58.2 Å². The first-order chi connectivity index (χ1) is 11.2. The molecule has 2 amide bonds. The Hall–Kier alpha value is -2.62. The molecule has 0 spiro atoms. The molecule has 0 bridgehead atoms. The summed E-state index contributed by atoms with van der Waals surface area (Å²) in [4.78, 5) is 23.7. The van der Waals surface area contributed by atoms with Crippen LogP contribution in [0.1, 0.15) is 29.9 Å². The Bertz CT molecular complexity index is 631. The van der Waals surface area contributed by atoms with E-state index in [0.29, 0.717) is 19.4 Å². The minimum atomic E-state index is -0.0952. The van der Waals surface area contributed by atoms with Crippen LogP contribution in [0.3, 0.4) is 0 Å². The van der Waals surface area contributed by atoms with Crippen molar-refractivity contribution in [1.82, 2.24) is 10.6 Å². The summed E-state index contributed by atoms with van der Waals surface area (Å²) in [7, 11) is 0. The van der Waals surface area contributed by atoms with Crippen LogP contribution in [0.15, 0.2) is 60.7 Å². The quantitative estimate of drug-likeness (QED) is 0.890. The second-order valence-corrected chi connectivity index (χ2v) is 5.85. The van der Waals surface area contributed by atoms with E-state index in [2.05, 4.69) is 10.6 Å². The molecule has 0 aromatic heterocycles. The maximum atomic E-state index is 12.4. The smallest absolute Gasteiger partial charge is 0.222 e. The Kier molecular flexibility index (Phi) is 4.71. The molecule has 1 heterocycles. The van der Waals surface area contributed by atoms with Gasteiger partial charge in [0.25, 0.3) is 0 Å². The third-order valence-electron chi connectivity index (χ3n) is 4.14. The highest BCUT2D eigenvalue weighted by Crippen LogP contribution is 2.27. The van der Waals surface area contributed by atoms with E-state index < -0.39 is 0 Å². The molecular formula is C19H20N2O2. The van der Waals surface area contributed by atoms with Crippen LogP contribution in [0, 0.1) is 0 Å². The van der Waals surface area contributed by atoms with Gasteiger partial charge in [0.05, 0.1) is 6.04 Å². The van der Waals surface area contributed by atoms with Crippen molar-refractivity contribution < 1.29 is 9.59 Å². The third kappa shape index (κ3) is 3.97. The van der Waals surface area contributed by atoms with Gasteiger partial charge in [-0.15, -0.1) is 0 Å². The van der Waals surface area contributed by atoms with Crippen molar-refractivity contribution in [2.24, 2.45) is 0 Å². The van der Waals surface area contributed by atoms with Crippen LogP contribution >= 0.6 is 0 Å². The second-order valence-electron chi connectivity index (χ2n) is 5.85. The molecule has 4 heteroatoms. The summed E-state index contributed by atoms with van der Waals surface area (Å²) in [5.74, 6) is -0.00959. The summed E-state index contributed by atoms with van der Waals surface area (Å²) >= 11 is 0. The molecule has 1 fully saturated rings. The summed E-state index contributed by atoms with van der Waals surface area (Å²) in [6.07, 6.45) is 0.742. The van der Waals surface area contributed by atoms with Crippen LogP contribution in [-0.4, -0.2) is 24.4 Å². The van der Waals surface area contributed by atoms with Gasteiger partial charge in [-0.05, 0) is 11.1 Å². The predicted molar refractivity (Wildman–Crippen MR) is 88.9 cm³/mol. The second kappa shape index (κ2) is 7.09. The number of benzene rings is 2. The lowest BCUT2D eigenvalue weighted by Gasteiger charge is -2.19. The van der Waals surface area contributed by atoms with Gasteiger partial charge >= 0.3 is 0 Å². The van der Waals surface area contributed by atoms with Crippen molar-refractivity contribution >= 4 is 11.8 Å². The predicted octanol–water partition coefficient (Wildman–Crippen LogP) is 2.21. The maximum absolute atomic E-state index is 12.4. The summed E-state index contributed by atoms with van der Waals surface area (Å²) in [6, 6.07) is 20.0. The number of rotatable bonds is 5. The molecule has 23 heavy (non-hydrogen) atoms. The fraction of sp³-hybridized carbons (Fsp3) is 0.263. The molecule has 0 unspecified atom stereocenters. The highest BCUT2D eigenvalue weighted by molar-refractivity contribution is 5.82. The van der Waals surface area contributed by atoms with Gasteiger partial charge < -0.3 is 10.6 Å². The SMILES string of the molecule is O=C1C[C@@H](NC(=O)CC(c2ccccc2)c2ccccc2)CN1. The highest BCUT2D eigenvalue weighted by Gasteiger charge is 2.25. The normalized spacial score (nSPS) is 17.1. The molecule has 1 atom stereocenters. The number of nitrogens with one attached hydrogen (secondary N) is 2. The molecule has 4 nitrogen and oxygen atoms in total. The standard InChI is InChI=1S/C19H20N2O2/c22-18-11-16(13-20-18)21-19(23)12-17(14-7-3-1-4-8-14)15-9-5-2-6-10-15/h1-10,16-17H,11-13H2,(H,20,22)(H,21,23)/t16-/m1/s1. The lowest BCUT2D eigenvalue weighted by atomic mass is 9.88. The Morgan fingerprint density at radius 2 is 1.61 bits per heavy atom. The van der Waals surface area contributed by atoms with Crippen molar-refractivity contribution in [2.45, 2.75) is 24.8 Å². The number of carbonyl (C=O) groups is 2. The van der Waals surface area contributed by atoms with Crippen LogP contribution < -0.4 is 10.6 Å². The van der Waals surface area contributed by atoms with Gasteiger partial charge in [0.1, 0.15) is 0 Å². The average molecular weight is 308 g/mol. The van der Waals surface area contributed by atoms with E-state index in [0.717, 1.165) is 11.1 Å². The van der Waals surface area contributed by atoms with Crippen LogP contribution in [-0.2, 0) is 9.59 Å². The molecule has 2 aromatic rings.